The Bertz CT molecular complexity index is 641. The lowest BCUT2D eigenvalue weighted by atomic mass is 10.1. The van der Waals surface area contributed by atoms with Crippen LogP contribution in [-0.4, -0.2) is 5.91 Å². The van der Waals surface area contributed by atoms with Gasteiger partial charge in [0.25, 0.3) is 5.91 Å². The molecule has 0 saturated heterocycles. The molecule has 0 aliphatic rings. The molecular weight excluding hydrogens is 372 g/mol. The molecule has 0 atom stereocenters. The van der Waals surface area contributed by atoms with E-state index < -0.39 is 0 Å². The monoisotopic (exact) mass is 382 g/mol. The van der Waals surface area contributed by atoms with Gasteiger partial charge in [0.05, 0.1) is 5.69 Å². The minimum Gasteiger partial charge on any atom is -0.399 e. The lowest BCUT2D eigenvalue weighted by Crippen LogP contribution is -2.14. The first-order valence-electron chi connectivity index (χ1n) is 5.60. The highest BCUT2D eigenvalue weighted by atomic mass is 79.9. The summed E-state index contributed by atoms with van der Waals surface area (Å²) in [6, 6.07) is 10.8. The van der Waals surface area contributed by atoms with Crippen molar-refractivity contribution < 1.29 is 4.79 Å². The lowest BCUT2D eigenvalue weighted by Gasteiger charge is -2.10. The van der Waals surface area contributed by atoms with Crippen LogP contribution in [0.25, 0.3) is 0 Å². The SMILES string of the molecule is Cc1c(Br)cccc1C(=O)Nc1ccc(N)cc1Br. The van der Waals surface area contributed by atoms with Crippen LogP contribution < -0.4 is 11.1 Å². The number of nitrogens with one attached hydrogen (secondary N) is 1. The topological polar surface area (TPSA) is 55.1 Å². The summed E-state index contributed by atoms with van der Waals surface area (Å²) in [5.74, 6) is -0.149. The Hall–Kier alpha value is -1.33. The van der Waals surface area contributed by atoms with Crippen LogP contribution in [0.3, 0.4) is 0 Å². The Morgan fingerprint density at radius 1 is 1.16 bits per heavy atom. The van der Waals surface area contributed by atoms with Crippen molar-refractivity contribution in [2.45, 2.75) is 6.92 Å². The van der Waals surface area contributed by atoms with Gasteiger partial charge in [-0.25, -0.2) is 0 Å². The first kappa shape index (κ1) is 14.1. The number of rotatable bonds is 2. The average molecular weight is 384 g/mol. The summed E-state index contributed by atoms with van der Waals surface area (Å²) in [5.41, 5.74) is 8.55. The number of halogens is 2. The zero-order valence-electron chi connectivity index (χ0n) is 10.2. The molecule has 0 saturated carbocycles. The molecule has 1 amide bonds. The Morgan fingerprint density at radius 2 is 1.89 bits per heavy atom. The number of hydrogen-bond donors (Lipinski definition) is 2. The van der Waals surface area contributed by atoms with Crippen LogP contribution in [0.15, 0.2) is 45.3 Å². The van der Waals surface area contributed by atoms with E-state index in [4.69, 9.17) is 5.73 Å². The van der Waals surface area contributed by atoms with Crippen molar-refractivity contribution in [3.8, 4) is 0 Å². The maximum Gasteiger partial charge on any atom is 0.255 e. The third-order valence-corrected chi connectivity index (χ3v) is 4.27. The molecule has 0 aliphatic carbocycles. The summed E-state index contributed by atoms with van der Waals surface area (Å²) in [6.07, 6.45) is 0. The van der Waals surface area contributed by atoms with Crippen molar-refractivity contribution in [2.75, 3.05) is 11.1 Å². The van der Waals surface area contributed by atoms with Crippen molar-refractivity contribution in [3.05, 3.63) is 56.5 Å². The van der Waals surface area contributed by atoms with E-state index >= 15 is 0 Å². The zero-order valence-corrected chi connectivity index (χ0v) is 13.4. The van der Waals surface area contributed by atoms with Crippen LogP contribution in [0, 0.1) is 6.92 Å². The molecule has 2 aromatic rings. The molecule has 98 valence electrons. The number of hydrogen-bond acceptors (Lipinski definition) is 2. The Morgan fingerprint density at radius 3 is 2.58 bits per heavy atom. The fourth-order valence-electron chi connectivity index (χ4n) is 1.68. The molecule has 2 rings (SSSR count). The summed E-state index contributed by atoms with van der Waals surface area (Å²) in [5, 5.41) is 2.86. The number of carbonyl (C=O) groups is 1. The van der Waals surface area contributed by atoms with Gasteiger partial charge in [0.1, 0.15) is 0 Å². The van der Waals surface area contributed by atoms with Crippen molar-refractivity contribution in [1.82, 2.24) is 0 Å². The first-order valence-corrected chi connectivity index (χ1v) is 7.19. The Labute approximate surface area is 128 Å². The van der Waals surface area contributed by atoms with Gasteiger partial charge in [0.15, 0.2) is 0 Å². The fraction of sp³-hybridized carbons (Fsp3) is 0.0714. The van der Waals surface area contributed by atoms with E-state index in [1.165, 1.54) is 0 Å². The van der Waals surface area contributed by atoms with Gasteiger partial charge in [0, 0.05) is 20.2 Å². The van der Waals surface area contributed by atoms with Crippen molar-refractivity contribution >= 4 is 49.1 Å². The van der Waals surface area contributed by atoms with Gasteiger partial charge < -0.3 is 11.1 Å². The minimum atomic E-state index is -0.149. The molecule has 0 fully saturated rings. The standard InChI is InChI=1S/C14H12Br2N2O/c1-8-10(3-2-4-11(8)15)14(19)18-13-6-5-9(17)7-12(13)16/h2-7H,17H2,1H3,(H,18,19). The van der Waals surface area contributed by atoms with Gasteiger partial charge in [-0.3, -0.25) is 4.79 Å². The van der Waals surface area contributed by atoms with Gasteiger partial charge in [-0.05, 0) is 58.7 Å². The van der Waals surface area contributed by atoms with Gasteiger partial charge in [-0.2, -0.15) is 0 Å². The van der Waals surface area contributed by atoms with Gasteiger partial charge in [0.2, 0.25) is 0 Å². The molecule has 0 heterocycles. The normalized spacial score (nSPS) is 10.3. The van der Waals surface area contributed by atoms with E-state index in [1.807, 2.05) is 19.1 Å². The van der Waals surface area contributed by atoms with Crippen LogP contribution in [0.4, 0.5) is 11.4 Å². The van der Waals surface area contributed by atoms with Crippen LogP contribution in [0.5, 0.6) is 0 Å². The highest BCUT2D eigenvalue weighted by Gasteiger charge is 2.12. The van der Waals surface area contributed by atoms with E-state index in [2.05, 4.69) is 37.2 Å². The molecule has 0 spiro atoms. The molecule has 3 nitrogen and oxygen atoms in total. The van der Waals surface area contributed by atoms with Crippen molar-refractivity contribution in [2.24, 2.45) is 0 Å². The van der Waals surface area contributed by atoms with Gasteiger partial charge >= 0.3 is 0 Å². The highest BCUT2D eigenvalue weighted by molar-refractivity contribution is 9.11. The summed E-state index contributed by atoms with van der Waals surface area (Å²) in [6.45, 7) is 1.90. The summed E-state index contributed by atoms with van der Waals surface area (Å²) >= 11 is 6.80. The zero-order chi connectivity index (χ0) is 14.0. The largest absolute Gasteiger partial charge is 0.399 e. The molecule has 0 bridgehead atoms. The van der Waals surface area contributed by atoms with Crippen molar-refractivity contribution in [1.29, 1.82) is 0 Å². The number of carbonyl (C=O) groups excluding carboxylic acids is 1. The van der Waals surface area contributed by atoms with Gasteiger partial charge in [-0.1, -0.05) is 22.0 Å². The number of benzene rings is 2. The lowest BCUT2D eigenvalue weighted by molar-refractivity contribution is 0.102. The predicted molar refractivity (Wildman–Crippen MR) is 85.4 cm³/mol. The minimum absolute atomic E-state index is 0.149. The Kier molecular flexibility index (Phi) is 4.27. The number of anilines is 2. The van der Waals surface area contributed by atoms with Crippen LogP contribution in [0.1, 0.15) is 15.9 Å². The van der Waals surface area contributed by atoms with Crippen molar-refractivity contribution in [3.63, 3.8) is 0 Å². The number of nitrogens with two attached hydrogens (primary N) is 1. The molecule has 0 aliphatic heterocycles. The summed E-state index contributed by atoms with van der Waals surface area (Å²) < 4.78 is 1.67. The highest BCUT2D eigenvalue weighted by Crippen LogP contribution is 2.26. The molecule has 19 heavy (non-hydrogen) atoms. The van der Waals surface area contributed by atoms with E-state index in [9.17, 15) is 4.79 Å². The third-order valence-electron chi connectivity index (χ3n) is 2.75. The second-order valence-corrected chi connectivity index (χ2v) is 5.81. The van der Waals surface area contributed by atoms with E-state index in [0.29, 0.717) is 16.9 Å². The molecule has 0 aromatic heterocycles. The first-order chi connectivity index (χ1) is 8.99. The van der Waals surface area contributed by atoms with E-state index in [1.54, 1.807) is 24.3 Å². The second kappa shape index (κ2) is 5.75. The quantitative estimate of drug-likeness (QED) is 0.757. The summed E-state index contributed by atoms with van der Waals surface area (Å²) in [7, 11) is 0. The number of amides is 1. The molecule has 2 aromatic carbocycles. The fourth-order valence-corrected chi connectivity index (χ4v) is 2.54. The second-order valence-electron chi connectivity index (χ2n) is 4.11. The third kappa shape index (κ3) is 3.16. The Balaban J connectivity index is 2.28. The van der Waals surface area contributed by atoms with E-state index in [-0.39, 0.29) is 5.91 Å². The average Bonchev–Trinajstić information content (AvgIpc) is 2.36. The molecule has 3 N–H and O–H groups in total. The molecular formula is C14H12Br2N2O. The maximum absolute atomic E-state index is 12.2. The van der Waals surface area contributed by atoms with Crippen LogP contribution in [-0.2, 0) is 0 Å². The van der Waals surface area contributed by atoms with E-state index in [0.717, 1.165) is 14.5 Å². The molecule has 5 heteroatoms. The van der Waals surface area contributed by atoms with Crippen LogP contribution >= 0.6 is 31.9 Å². The molecule has 0 unspecified atom stereocenters. The summed E-state index contributed by atoms with van der Waals surface area (Å²) in [4.78, 5) is 12.2. The van der Waals surface area contributed by atoms with Crippen LogP contribution in [0.2, 0.25) is 0 Å². The maximum atomic E-state index is 12.2. The van der Waals surface area contributed by atoms with Gasteiger partial charge in [-0.15, -0.1) is 0 Å². The predicted octanol–water partition coefficient (Wildman–Crippen LogP) is 4.35. The smallest absolute Gasteiger partial charge is 0.255 e. The molecule has 0 radical (unpaired) electrons. The number of nitrogen functional groups attached to an aromatic ring is 1.